The van der Waals surface area contributed by atoms with Crippen LogP contribution in [0.1, 0.15) is 43.6 Å². The van der Waals surface area contributed by atoms with Crippen LogP contribution in [-0.2, 0) is 4.74 Å². The van der Waals surface area contributed by atoms with Crippen LogP contribution in [0, 0.1) is 0 Å². The van der Waals surface area contributed by atoms with Crippen LogP contribution in [0.2, 0.25) is 0 Å². The molecule has 1 heterocycles. The number of allylic oxidation sites excluding steroid dienone is 2. The minimum atomic E-state index is -0.504. The van der Waals surface area contributed by atoms with Gasteiger partial charge in [0.15, 0.2) is 0 Å². The third-order valence-electron chi connectivity index (χ3n) is 3.04. The summed E-state index contributed by atoms with van der Waals surface area (Å²) >= 11 is 0. The van der Waals surface area contributed by atoms with E-state index in [4.69, 9.17) is 10.5 Å². The minimum Gasteiger partial charge on any atom is -0.456 e. The zero-order valence-corrected chi connectivity index (χ0v) is 12.9. The van der Waals surface area contributed by atoms with Crippen molar-refractivity contribution >= 4 is 11.7 Å². The van der Waals surface area contributed by atoms with Gasteiger partial charge in [0.05, 0.1) is 11.7 Å². The molecule has 2 rings (SSSR count). The van der Waals surface area contributed by atoms with Crippen molar-refractivity contribution < 1.29 is 9.53 Å². The van der Waals surface area contributed by atoms with Crippen molar-refractivity contribution in [2.75, 3.05) is 0 Å². The van der Waals surface area contributed by atoms with Crippen LogP contribution in [0.4, 0.5) is 0 Å². The van der Waals surface area contributed by atoms with Gasteiger partial charge >= 0.3 is 5.97 Å². The Labute approximate surface area is 125 Å². The fourth-order valence-corrected chi connectivity index (χ4v) is 2.11. The molecule has 0 spiro atoms. The van der Waals surface area contributed by atoms with Crippen LogP contribution < -0.4 is 11.1 Å². The summed E-state index contributed by atoms with van der Waals surface area (Å²) in [6, 6.07) is 7.38. The molecule has 0 bridgehead atoms. The molecule has 4 heteroatoms. The third kappa shape index (κ3) is 3.95. The second-order valence-electron chi connectivity index (χ2n) is 6.17. The first kappa shape index (κ1) is 15.3. The molecule has 0 saturated heterocycles. The van der Waals surface area contributed by atoms with Gasteiger partial charge in [-0.1, -0.05) is 18.2 Å². The lowest BCUT2D eigenvalue weighted by Crippen LogP contribution is -2.36. The Kier molecular flexibility index (Phi) is 4.19. The SMILES string of the molecule is CC1=C(c2cccc(C(=O)OC(C)(C)C)c2)NC(N)C=C1. The first-order chi connectivity index (χ1) is 9.76. The quantitative estimate of drug-likeness (QED) is 0.821. The Bertz CT molecular complexity index is 609. The molecule has 0 radical (unpaired) electrons. The molecule has 0 amide bonds. The maximum absolute atomic E-state index is 12.1. The Morgan fingerprint density at radius 2 is 2.05 bits per heavy atom. The van der Waals surface area contributed by atoms with Crippen LogP contribution in [0.15, 0.2) is 42.0 Å². The molecular weight excluding hydrogens is 264 g/mol. The second-order valence-corrected chi connectivity index (χ2v) is 6.17. The molecule has 0 aromatic heterocycles. The van der Waals surface area contributed by atoms with E-state index in [9.17, 15) is 4.79 Å². The summed E-state index contributed by atoms with van der Waals surface area (Å²) in [5.74, 6) is -0.321. The summed E-state index contributed by atoms with van der Waals surface area (Å²) in [7, 11) is 0. The monoisotopic (exact) mass is 286 g/mol. The molecule has 0 aliphatic carbocycles. The van der Waals surface area contributed by atoms with Crippen molar-refractivity contribution in [2.24, 2.45) is 5.73 Å². The highest BCUT2D eigenvalue weighted by atomic mass is 16.6. The average Bonchev–Trinajstić information content (AvgIpc) is 2.40. The summed E-state index contributed by atoms with van der Waals surface area (Å²) in [5.41, 5.74) is 8.86. The molecular formula is C17H22N2O2. The molecule has 0 fully saturated rings. The van der Waals surface area contributed by atoms with E-state index in [0.717, 1.165) is 16.8 Å². The predicted molar refractivity (Wildman–Crippen MR) is 84.5 cm³/mol. The van der Waals surface area contributed by atoms with E-state index in [1.807, 2.05) is 58.0 Å². The van der Waals surface area contributed by atoms with Crippen LogP contribution in [0.5, 0.6) is 0 Å². The summed E-state index contributed by atoms with van der Waals surface area (Å²) in [6.07, 6.45) is 3.67. The van der Waals surface area contributed by atoms with Crippen molar-refractivity contribution in [1.82, 2.24) is 5.32 Å². The van der Waals surface area contributed by atoms with Crippen molar-refractivity contribution in [2.45, 2.75) is 39.5 Å². The molecule has 3 N–H and O–H groups in total. The molecule has 1 atom stereocenters. The van der Waals surface area contributed by atoms with E-state index in [2.05, 4.69) is 5.32 Å². The Morgan fingerprint density at radius 3 is 2.71 bits per heavy atom. The maximum Gasteiger partial charge on any atom is 0.338 e. The topological polar surface area (TPSA) is 64.3 Å². The molecule has 4 nitrogen and oxygen atoms in total. The molecule has 1 aliphatic rings. The molecule has 1 aromatic carbocycles. The number of carbonyl (C=O) groups is 1. The Balaban J connectivity index is 2.30. The first-order valence-corrected chi connectivity index (χ1v) is 7.01. The average molecular weight is 286 g/mol. The molecule has 0 saturated carbocycles. The van der Waals surface area contributed by atoms with Crippen LogP contribution >= 0.6 is 0 Å². The van der Waals surface area contributed by atoms with Crippen molar-refractivity contribution in [3.8, 4) is 0 Å². The van der Waals surface area contributed by atoms with Crippen LogP contribution in [0.25, 0.3) is 5.70 Å². The number of hydrogen-bond acceptors (Lipinski definition) is 4. The number of ether oxygens (including phenoxy) is 1. The smallest absolute Gasteiger partial charge is 0.338 e. The Hall–Kier alpha value is -2.07. The van der Waals surface area contributed by atoms with Gasteiger partial charge in [-0.3, -0.25) is 0 Å². The van der Waals surface area contributed by atoms with Gasteiger partial charge in [0, 0.05) is 5.70 Å². The highest BCUT2D eigenvalue weighted by Gasteiger charge is 2.19. The highest BCUT2D eigenvalue weighted by molar-refractivity contribution is 5.91. The number of esters is 1. The maximum atomic E-state index is 12.1. The second kappa shape index (κ2) is 5.74. The van der Waals surface area contributed by atoms with Gasteiger partial charge < -0.3 is 15.8 Å². The number of dihydropyridines is 1. The highest BCUT2D eigenvalue weighted by Crippen LogP contribution is 2.22. The van der Waals surface area contributed by atoms with Gasteiger partial charge in [0.1, 0.15) is 5.60 Å². The van der Waals surface area contributed by atoms with E-state index >= 15 is 0 Å². The summed E-state index contributed by atoms with van der Waals surface area (Å²) in [4.78, 5) is 12.1. The molecule has 112 valence electrons. The van der Waals surface area contributed by atoms with E-state index in [0.29, 0.717) is 5.56 Å². The van der Waals surface area contributed by atoms with E-state index in [1.54, 1.807) is 6.07 Å². The lowest BCUT2D eigenvalue weighted by atomic mass is 10.0. The minimum absolute atomic E-state index is 0.214. The van der Waals surface area contributed by atoms with E-state index < -0.39 is 5.60 Å². The third-order valence-corrected chi connectivity index (χ3v) is 3.04. The fourth-order valence-electron chi connectivity index (χ4n) is 2.11. The number of nitrogens with one attached hydrogen (secondary N) is 1. The normalized spacial score (nSPS) is 18.4. The zero-order chi connectivity index (χ0) is 15.6. The standard InChI is InChI=1S/C17H22N2O2/c1-11-8-9-14(18)19-15(11)12-6-5-7-13(10-12)16(20)21-17(2,3)4/h5-10,14,19H,18H2,1-4H3. The van der Waals surface area contributed by atoms with Gasteiger partial charge in [0.25, 0.3) is 0 Å². The summed E-state index contributed by atoms with van der Waals surface area (Å²) in [6.45, 7) is 7.57. The number of nitrogens with two attached hydrogens (primary N) is 1. The van der Waals surface area contributed by atoms with Crippen molar-refractivity contribution in [3.05, 3.63) is 53.1 Å². The largest absolute Gasteiger partial charge is 0.456 e. The van der Waals surface area contributed by atoms with Crippen LogP contribution in [0.3, 0.4) is 0 Å². The predicted octanol–water partition coefficient (Wildman–Crippen LogP) is 2.82. The van der Waals surface area contributed by atoms with E-state index in [-0.39, 0.29) is 12.1 Å². The number of hydrogen-bond donors (Lipinski definition) is 2. The zero-order valence-electron chi connectivity index (χ0n) is 12.9. The number of benzene rings is 1. The molecule has 21 heavy (non-hydrogen) atoms. The van der Waals surface area contributed by atoms with Gasteiger partial charge in [-0.05, 0) is 57.0 Å². The fraction of sp³-hybridized carbons (Fsp3) is 0.353. The van der Waals surface area contributed by atoms with Crippen LogP contribution in [-0.4, -0.2) is 17.7 Å². The first-order valence-electron chi connectivity index (χ1n) is 7.01. The van der Waals surface area contributed by atoms with Crippen molar-refractivity contribution in [1.29, 1.82) is 0 Å². The number of rotatable bonds is 2. The van der Waals surface area contributed by atoms with Crippen molar-refractivity contribution in [3.63, 3.8) is 0 Å². The van der Waals surface area contributed by atoms with Gasteiger partial charge in [0.2, 0.25) is 0 Å². The van der Waals surface area contributed by atoms with E-state index in [1.165, 1.54) is 0 Å². The Morgan fingerprint density at radius 1 is 1.33 bits per heavy atom. The molecule has 1 unspecified atom stereocenters. The number of carbonyl (C=O) groups excluding carboxylic acids is 1. The molecule has 1 aliphatic heterocycles. The van der Waals surface area contributed by atoms with Gasteiger partial charge in [-0.2, -0.15) is 0 Å². The molecule has 1 aromatic rings. The lowest BCUT2D eigenvalue weighted by Gasteiger charge is -2.22. The summed E-state index contributed by atoms with van der Waals surface area (Å²) < 4.78 is 5.40. The lowest BCUT2D eigenvalue weighted by molar-refractivity contribution is 0.00695. The summed E-state index contributed by atoms with van der Waals surface area (Å²) in [5, 5.41) is 3.22. The van der Waals surface area contributed by atoms with Gasteiger partial charge in [-0.25, -0.2) is 4.79 Å². The van der Waals surface area contributed by atoms with Gasteiger partial charge in [-0.15, -0.1) is 0 Å².